The van der Waals surface area contributed by atoms with Crippen LogP contribution in [0.4, 0.5) is 17.1 Å². The Balaban J connectivity index is 1.76. The molecule has 0 saturated carbocycles. The van der Waals surface area contributed by atoms with Crippen molar-refractivity contribution in [2.45, 2.75) is 0 Å². The average Bonchev–Trinajstić information content (AvgIpc) is 2.83. The Morgan fingerprint density at radius 2 is 0.733 bits per heavy atom. The molecule has 0 radical (unpaired) electrons. The maximum atomic E-state index is 5.64. The van der Waals surface area contributed by atoms with Gasteiger partial charge >= 0.3 is 0 Å². The lowest BCUT2D eigenvalue weighted by molar-refractivity contribution is 0.407. The first kappa shape index (κ1) is 19.8. The lowest BCUT2D eigenvalue weighted by atomic mass is 10.2. The summed E-state index contributed by atoms with van der Waals surface area (Å²) in [6.07, 6.45) is 0. The number of methoxy groups -OCH3 is 3. The highest BCUT2D eigenvalue weighted by Crippen LogP contribution is 2.37. The minimum atomic E-state index is 0.701. The van der Waals surface area contributed by atoms with E-state index in [2.05, 4.69) is 32.9 Å². The summed E-state index contributed by atoms with van der Waals surface area (Å²) in [5.74, 6) is 2.54. The molecule has 3 aromatic rings. The summed E-state index contributed by atoms with van der Waals surface area (Å²) in [7, 11) is 5.12. The van der Waals surface area contributed by atoms with Gasteiger partial charge in [-0.2, -0.15) is 0 Å². The van der Waals surface area contributed by atoms with Crippen LogP contribution in [0.2, 0.25) is 0 Å². The van der Waals surface area contributed by atoms with Crippen molar-refractivity contribution in [3.8, 4) is 17.2 Å². The largest absolute Gasteiger partial charge is 0.495 e. The van der Waals surface area contributed by atoms with Gasteiger partial charge in [0.2, 0.25) is 0 Å². The Kier molecular flexibility index (Phi) is 5.84. The molecule has 1 fully saturated rings. The van der Waals surface area contributed by atoms with Gasteiger partial charge in [-0.05, 0) is 36.4 Å². The van der Waals surface area contributed by atoms with Gasteiger partial charge in [0.05, 0.1) is 58.4 Å². The van der Waals surface area contributed by atoms with E-state index in [9.17, 15) is 0 Å². The number of hydrogen-bond acceptors (Lipinski definition) is 6. The van der Waals surface area contributed by atoms with E-state index >= 15 is 0 Å². The van der Waals surface area contributed by atoms with Crippen LogP contribution in [0, 0.1) is 0 Å². The van der Waals surface area contributed by atoms with E-state index in [-0.39, 0.29) is 0 Å². The van der Waals surface area contributed by atoms with Gasteiger partial charge in [0.15, 0.2) is 0 Å². The smallest absolute Gasteiger partial charge is 0.142 e. The highest BCUT2D eigenvalue weighted by atomic mass is 16.5. The number of para-hydroxylation sites is 6. The van der Waals surface area contributed by atoms with E-state index in [1.807, 2.05) is 54.6 Å². The summed E-state index contributed by atoms with van der Waals surface area (Å²) in [4.78, 5) is 6.88. The molecule has 6 heteroatoms. The molecule has 6 nitrogen and oxygen atoms in total. The number of anilines is 3. The molecule has 0 amide bonds. The fourth-order valence-corrected chi connectivity index (χ4v) is 3.88. The minimum Gasteiger partial charge on any atom is -0.495 e. The van der Waals surface area contributed by atoms with Crippen LogP contribution in [0.25, 0.3) is 0 Å². The molecule has 0 bridgehead atoms. The van der Waals surface area contributed by atoms with E-state index < -0.39 is 0 Å². The minimum absolute atomic E-state index is 0.701. The van der Waals surface area contributed by atoms with Gasteiger partial charge in [0, 0.05) is 0 Å². The van der Waals surface area contributed by atoms with Crippen LogP contribution in [0.3, 0.4) is 0 Å². The Morgan fingerprint density at radius 3 is 1.00 bits per heavy atom. The zero-order chi connectivity index (χ0) is 20.9. The lowest BCUT2D eigenvalue weighted by Gasteiger charge is -2.46. The van der Waals surface area contributed by atoms with Gasteiger partial charge in [-0.3, -0.25) is 0 Å². The first-order valence-electron chi connectivity index (χ1n) is 9.89. The summed E-state index contributed by atoms with van der Waals surface area (Å²) in [6, 6.07) is 24.3. The van der Waals surface area contributed by atoms with E-state index in [0.717, 1.165) is 34.3 Å². The van der Waals surface area contributed by atoms with Crippen LogP contribution in [0.1, 0.15) is 0 Å². The molecule has 30 heavy (non-hydrogen) atoms. The standard InChI is InChI=1S/C24H27N3O3/c1-28-22-13-7-4-10-19(22)25-16-26(20-11-5-8-14-23(20)29-2)18-27(17-25)21-12-6-9-15-24(21)30-3/h4-15H,16-18H2,1-3H3. The van der Waals surface area contributed by atoms with E-state index in [0.29, 0.717) is 20.0 Å². The predicted molar refractivity (Wildman–Crippen MR) is 121 cm³/mol. The Hall–Kier alpha value is -3.54. The van der Waals surface area contributed by atoms with E-state index in [4.69, 9.17) is 14.2 Å². The molecule has 0 N–H and O–H groups in total. The van der Waals surface area contributed by atoms with E-state index in [1.165, 1.54) is 0 Å². The Morgan fingerprint density at radius 1 is 0.467 bits per heavy atom. The lowest BCUT2D eigenvalue weighted by Crippen LogP contribution is -2.55. The van der Waals surface area contributed by atoms with Gasteiger partial charge < -0.3 is 28.9 Å². The van der Waals surface area contributed by atoms with Crippen molar-refractivity contribution in [2.24, 2.45) is 0 Å². The quantitative estimate of drug-likeness (QED) is 0.604. The Labute approximate surface area is 177 Å². The van der Waals surface area contributed by atoms with Crippen LogP contribution in [-0.4, -0.2) is 41.3 Å². The highest BCUT2D eigenvalue weighted by molar-refractivity contribution is 5.68. The van der Waals surface area contributed by atoms with Crippen molar-refractivity contribution in [3.63, 3.8) is 0 Å². The second kappa shape index (κ2) is 8.86. The molecule has 4 rings (SSSR count). The molecule has 3 aromatic carbocycles. The Bertz CT molecular complexity index is 861. The SMILES string of the molecule is COc1ccccc1N1CN(c2ccccc2OC)CN(c2ccccc2OC)C1. The fourth-order valence-electron chi connectivity index (χ4n) is 3.88. The third kappa shape index (κ3) is 3.81. The topological polar surface area (TPSA) is 37.4 Å². The molecule has 0 aliphatic carbocycles. The normalized spacial score (nSPS) is 13.9. The number of rotatable bonds is 6. The molecule has 156 valence electrons. The molecule has 1 heterocycles. The fraction of sp³-hybridized carbons (Fsp3) is 0.250. The maximum absolute atomic E-state index is 5.64. The van der Waals surface area contributed by atoms with Gasteiger partial charge in [-0.1, -0.05) is 36.4 Å². The van der Waals surface area contributed by atoms with Crippen molar-refractivity contribution in [1.82, 2.24) is 0 Å². The van der Waals surface area contributed by atoms with Crippen molar-refractivity contribution in [3.05, 3.63) is 72.8 Å². The molecular weight excluding hydrogens is 378 g/mol. The van der Waals surface area contributed by atoms with Gasteiger partial charge in [0.25, 0.3) is 0 Å². The predicted octanol–water partition coefficient (Wildman–Crippen LogP) is 4.42. The highest BCUT2D eigenvalue weighted by Gasteiger charge is 2.28. The van der Waals surface area contributed by atoms with Crippen LogP contribution in [0.5, 0.6) is 17.2 Å². The zero-order valence-electron chi connectivity index (χ0n) is 17.6. The van der Waals surface area contributed by atoms with Crippen molar-refractivity contribution >= 4 is 17.1 Å². The van der Waals surface area contributed by atoms with Crippen LogP contribution < -0.4 is 28.9 Å². The summed E-state index contributed by atoms with van der Waals surface area (Å²) in [5.41, 5.74) is 3.12. The summed E-state index contributed by atoms with van der Waals surface area (Å²) >= 11 is 0. The number of benzene rings is 3. The third-order valence-corrected chi connectivity index (χ3v) is 5.30. The van der Waals surface area contributed by atoms with Crippen molar-refractivity contribution < 1.29 is 14.2 Å². The number of hydrogen-bond donors (Lipinski definition) is 0. The maximum Gasteiger partial charge on any atom is 0.142 e. The molecule has 0 spiro atoms. The molecule has 0 atom stereocenters. The monoisotopic (exact) mass is 405 g/mol. The van der Waals surface area contributed by atoms with Crippen LogP contribution >= 0.6 is 0 Å². The van der Waals surface area contributed by atoms with Gasteiger partial charge in [-0.25, -0.2) is 0 Å². The van der Waals surface area contributed by atoms with Gasteiger partial charge in [0.1, 0.15) is 17.2 Å². The molecule has 1 aliphatic heterocycles. The van der Waals surface area contributed by atoms with Crippen LogP contribution in [-0.2, 0) is 0 Å². The molecule has 0 unspecified atom stereocenters. The zero-order valence-corrected chi connectivity index (χ0v) is 17.6. The summed E-state index contributed by atoms with van der Waals surface area (Å²) < 4.78 is 16.9. The van der Waals surface area contributed by atoms with E-state index in [1.54, 1.807) is 21.3 Å². The molecule has 0 aromatic heterocycles. The van der Waals surface area contributed by atoms with Crippen molar-refractivity contribution in [1.29, 1.82) is 0 Å². The first-order chi connectivity index (χ1) is 14.7. The van der Waals surface area contributed by atoms with Crippen LogP contribution in [0.15, 0.2) is 72.8 Å². The molecular formula is C24H27N3O3. The van der Waals surface area contributed by atoms with Crippen molar-refractivity contribution in [2.75, 3.05) is 56.0 Å². The summed E-state index contributed by atoms with van der Waals surface area (Å²) in [6.45, 7) is 2.10. The summed E-state index contributed by atoms with van der Waals surface area (Å²) in [5, 5.41) is 0. The second-order valence-electron chi connectivity index (χ2n) is 7.06. The third-order valence-electron chi connectivity index (χ3n) is 5.30. The number of ether oxygens (including phenoxy) is 3. The van der Waals surface area contributed by atoms with Gasteiger partial charge in [-0.15, -0.1) is 0 Å². The molecule has 1 saturated heterocycles. The number of nitrogens with zero attached hydrogens (tertiary/aromatic N) is 3. The second-order valence-corrected chi connectivity index (χ2v) is 7.06. The average molecular weight is 405 g/mol. The molecule has 1 aliphatic rings. The first-order valence-corrected chi connectivity index (χ1v) is 9.89.